The second-order valence-corrected chi connectivity index (χ2v) is 9.68. The maximum atomic E-state index is 13.9. The van der Waals surface area contributed by atoms with Crippen LogP contribution in [0.4, 0.5) is 11.4 Å². The molecule has 4 aromatic rings. The van der Waals surface area contributed by atoms with Gasteiger partial charge in [0, 0.05) is 46.9 Å². The molecule has 0 saturated heterocycles. The van der Waals surface area contributed by atoms with Crippen LogP contribution < -0.4 is 20.1 Å². The summed E-state index contributed by atoms with van der Waals surface area (Å²) in [6.07, 6.45) is 0. The van der Waals surface area contributed by atoms with Gasteiger partial charge in [0.05, 0.1) is 5.56 Å². The lowest BCUT2D eigenvalue weighted by molar-refractivity contribution is 0.0602. The first-order valence-corrected chi connectivity index (χ1v) is 12.3. The van der Waals surface area contributed by atoms with Gasteiger partial charge in [-0.25, -0.2) is 0 Å². The zero-order valence-electron chi connectivity index (χ0n) is 20.3. The smallest absolute Gasteiger partial charge is 0.262 e. The van der Waals surface area contributed by atoms with Gasteiger partial charge in [0.2, 0.25) is 6.79 Å². The Hall–Kier alpha value is -4.21. The van der Waals surface area contributed by atoms with Gasteiger partial charge >= 0.3 is 0 Å². The van der Waals surface area contributed by atoms with Crippen LogP contribution in [0.2, 0.25) is 0 Å². The number of nitrogens with zero attached hydrogens (tertiary/aromatic N) is 2. The number of imide groups is 1. The highest BCUT2D eigenvalue weighted by Crippen LogP contribution is 2.39. The number of ether oxygens (including phenoxy) is 2. The largest absolute Gasteiger partial charge is 0.454 e. The molecule has 0 spiro atoms. The first-order valence-electron chi connectivity index (χ1n) is 11.9. The minimum absolute atomic E-state index is 0.193. The van der Waals surface area contributed by atoms with E-state index in [0.29, 0.717) is 51.9 Å². The maximum absolute atomic E-state index is 13.9. The van der Waals surface area contributed by atoms with E-state index in [4.69, 9.17) is 21.7 Å². The molecule has 9 heteroatoms. The number of hydrogen-bond donors (Lipinski definition) is 2. The summed E-state index contributed by atoms with van der Waals surface area (Å²) >= 11 is 5.62. The van der Waals surface area contributed by atoms with Crippen molar-refractivity contribution >= 4 is 62.1 Å². The molecule has 2 aliphatic heterocycles. The second kappa shape index (κ2) is 9.02. The fraction of sp³-hybridized carbons (Fsp3) is 0.179. The highest BCUT2D eigenvalue weighted by Gasteiger charge is 2.34. The quantitative estimate of drug-likeness (QED) is 0.227. The molecular weight excluding hydrogens is 488 g/mol. The van der Waals surface area contributed by atoms with Gasteiger partial charge in [-0.1, -0.05) is 24.3 Å². The van der Waals surface area contributed by atoms with Crippen molar-refractivity contribution in [2.45, 2.75) is 0 Å². The fourth-order valence-electron chi connectivity index (χ4n) is 4.86. The molecule has 2 aliphatic rings. The van der Waals surface area contributed by atoms with Crippen molar-refractivity contribution in [1.29, 1.82) is 0 Å². The topological polar surface area (TPSA) is 83.1 Å². The number of fused-ring (bicyclic) bond motifs is 3. The maximum Gasteiger partial charge on any atom is 0.262 e. The summed E-state index contributed by atoms with van der Waals surface area (Å²) in [5.74, 6) is 0.765. The van der Waals surface area contributed by atoms with Crippen LogP contribution in [0.3, 0.4) is 0 Å². The molecule has 0 saturated carbocycles. The highest BCUT2D eigenvalue weighted by molar-refractivity contribution is 7.80. The number of thiocarbonyl (C=S) groups is 1. The number of nitrogens with one attached hydrogen (secondary N) is 2. The van der Waals surface area contributed by atoms with Gasteiger partial charge in [0.25, 0.3) is 11.8 Å². The van der Waals surface area contributed by atoms with E-state index in [0.717, 1.165) is 21.8 Å². The van der Waals surface area contributed by atoms with Gasteiger partial charge in [-0.3, -0.25) is 14.5 Å². The summed E-state index contributed by atoms with van der Waals surface area (Å²) in [6, 6.07) is 18.8. The van der Waals surface area contributed by atoms with Crippen LogP contribution in [0.25, 0.3) is 21.5 Å². The molecule has 2 heterocycles. The third kappa shape index (κ3) is 4.02. The fourth-order valence-corrected chi connectivity index (χ4v) is 5.09. The van der Waals surface area contributed by atoms with Crippen molar-refractivity contribution in [3.63, 3.8) is 0 Å². The van der Waals surface area contributed by atoms with Gasteiger partial charge in [0.15, 0.2) is 16.6 Å². The number of anilines is 2. The normalized spacial score (nSPS) is 14.1. The van der Waals surface area contributed by atoms with Crippen LogP contribution in [-0.2, 0) is 0 Å². The minimum Gasteiger partial charge on any atom is -0.454 e. The van der Waals surface area contributed by atoms with Crippen molar-refractivity contribution in [2.75, 3.05) is 44.6 Å². The van der Waals surface area contributed by atoms with Gasteiger partial charge in [-0.15, -0.1) is 0 Å². The first-order chi connectivity index (χ1) is 17.9. The molecular formula is C28H24N4O4S. The SMILES string of the molecule is CN(C)CCN1C(=O)c2cccc3cc4cccc(NC(=S)Nc5ccc6c(c5)OCO6)c4c(c23)C1=O. The average Bonchev–Trinajstić information content (AvgIpc) is 3.34. The minimum atomic E-state index is -0.301. The molecule has 0 aromatic heterocycles. The Bertz CT molecular complexity index is 1620. The molecule has 2 N–H and O–H groups in total. The number of carbonyl (C=O) groups is 2. The molecule has 6 rings (SSSR count). The van der Waals surface area contributed by atoms with Crippen LogP contribution in [0, 0.1) is 0 Å². The molecule has 0 bridgehead atoms. The number of hydrogen-bond acceptors (Lipinski definition) is 6. The zero-order chi connectivity index (χ0) is 25.7. The lowest BCUT2D eigenvalue weighted by Crippen LogP contribution is -2.43. The Kier molecular flexibility index (Phi) is 5.66. The third-order valence-corrected chi connectivity index (χ3v) is 6.79. The van der Waals surface area contributed by atoms with E-state index in [1.54, 1.807) is 6.07 Å². The van der Waals surface area contributed by atoms with E-state index in [9.17, 15) is 9.59 Å². The Morgan fingerprint density at radius 3 is 2.49 bits per heavy atom. The molecule has 8 nitrogen and oxygen atoms in total. The molecule has 186 valence electrons. The van der Waals surface area contributed by atoms with Crippen molar-refractivity contribution in [3.05, 3.63) is 71.8 Å². The van der Waals surface area contributed by atoms with Gasteiger partial charge < -0.3 is 25.0 Å². The van der Waals surface area contributed by atoms with E-state index in [1.807, 2.05) is 73.6 Å². The molecule has 37 heavy (non-hydrogen) atoms. The Labute approximate surface area is 218 Å². The highest BCUT2D eigenvalue weighted by atomic mass is 32.1. The van der Waals surface area contributed by atoms with Crippen molar-refractivity contribution < 1.29 is 19.1 Å². The number of amides is 2. The lowest BCUT2D eigenvalue weighted by atomic mass is 9.89. The Morgan fingerprint density at radius 1 is 0.919 bits per heavy atom. The summed E-state index contributed by atoms with van der Waals surface area (Å²) in [6.45, 7) is 1.07. The van der Waals surface area contributed by atoms with Crippen LogP contribution >= 0.6 is 12.2 Å². The summed E-state index contributed by atoms with van der Waals surface area (Å²) in [5, 5.41) is 9.93. The zero-order valence-corrected chi connectivity index (χ0v) is 21.1. The van der Waals surface area contributed by atoms with E-state index >= 15 is 0 Å². The molecule has 0 radical (unpaired) electrons. The van der Waals surface area contributed by atoms with Crippen molar-refractivity contribution in [3.8, 4) is 11.5 Å². The molecule has 0 atom stereocenters. The molecule has 0 aliphatic carbocycles. The van der Waals surface area contributed by atoms with Gasteiger partial charge in [-0.05, 0) is 67.4 Å². The Balaban J connectivity index is 1.42. The predicted octanol–water partition coefficient (Wildman–Crippen LogP) is 4.69. The number of benzene rings is 4. The van der Waals surface area contributed by atoms with Crippen LogP contribution in [0.15, 0.2) is 60.7 Å². The van der Waals surface area contributed by atoms with Crippen LogP contribution in [-0.4, -0.2) is 60.7 Å². The monoisotopic (exact) mass is 512 g/mol. The van der Waals surface area contributed by atoms with Crippen LogP contribution in [0.5, 0.6) is 11.5 Å². The number of carbonyl (C=O) groups excluding carboxylic acids is 2. The summed E-state index contributed by atoms with van der Waals surface area (Å²) in [7, 11) is 3.83. The van der Waals surface area contributed by atoms with Gasteiger partial charge in [-0.2, -0.15) is 0 Å². The third-order valence-electron chi connectivity index (χ3n) is 6.59. The van der Waals surface area contributed by atoms with Gasteiger partial charge in [0.1, 0.15) is 0 Å². The summed E-state index contributed by atoms with van der Waals surface area (Å²) < 4.78 is 10.8. The summed E-state index contributed by atoms with van der Waals surface area (Å²) in [5.41, 5.74) is 2.46. The van der Waals surface area contributed by atoms with E-state index < -0.39 is 0 Å². The molecule has 0 unspecified atom stereocenters. The summed E-state index contributed by atoms with van der Waals surface area (Å²) in [4.78, 5) is 30.5. The molecule has 4 aromatic carbocycles. The average molecular weight is 513 g/mol. The van der Waals surface area contributed by atoms with Crippen molar-refractivity contribution in [1.82, 2.24) is 9.80 Å². The predicted molar refractivity (Wildman–Crippen MR) is 148 cm³/mol. The molecule has 0 fully saturated rings. The lowest BCUT2D eigenvalue weighted by Gasteiger charge is -2.29. The van der Waals surface area contributed by atoms with Crippen LogP contribution in [0.1, 0.15) is 20.7 Å². The first kappa shape index (κ1) is 23.2. The number of likely N-dealkylation sites (N-methyl/N-ethyl adjacent to an activating group) is 1. The number of rotatable bonds is 5. The van der Waals surface area contributed by atoms with Crippen molar-refractivity contribution in [2.24, 2.45) is 0 Å². The Morgan fingerprint density at radius 2 is 1.68 bits per heavy atom. The van der Waals surface area contributed by atoms with E-state index in [2.05, 4.69) is 10.6 Å². The standard InChI is InChI=1S/C28H24N4O4S/c1-31(2)11-12-32-26(33)19-7-3-5-16-13-17-6-4-8-20(24(17)25(23(16)19)27(32)34)30-28(37)29-18-9-10-21-22(14-18)36-15-35-21/h3-10,13-14H,11-12,15H2,1-2H3,(H2,29,30,37). The van der Waals surface area contributed by atoms with E-state index in [-0.39, 0.29) is 18.6 Å². The second-order valence-electron chi connectivity index (χ2n) is 9.27. The van der Waals surface area contributed by atoms with E-state index in [1.165, 1.54) is 4.90 Å². The molecule has 2 amide bonds.